The van der Waals surface area contributed by atoms with Gasteiger partial charge in [0.2, 0.25) is 0 Å². The van der Waals surface area contributed by atoms with Gasteiger partial charge in [-0.05, 0) is 63.2 Å². The second-order valence-electron chi connectivity index (χ2n) is 7.36. The summed E-state index contributed by atoms with van der Waals surface area (Å²) >= 11 is 0. The molecule has 8 heteroatoms. The van der Waals surface area contributed by atoms with Gasteiger partial charge in [-0.15, -0.1) is 0 Å². The second-order valence-corrected chi connectivity index (χ2v) is 7.36. The van der Waals surface area contributed by atoms with Crippen molar-refractivity contribution in [3.8, 4) is 17.4 Å². The summed E-state index contributed by atoms with van der Waals surface area (Å²) in [5.74, 6) is -1.74. The SMILES string of the molecule is CC(C)(C)OC(=O)c1cc(C#N)ccc1NC(=O)c1ncc(-c2ccc(F)cc2)o1. The van der Waals surface area contributed by atoms with E-state index >= 15 is 0 Å². The standard InChI is InChI=1S/C22H18FN3O4/c1-22(2,3)30-21(28)16-10-13(11-24)4-9-17(16)26-19(27)20-25-12-18(29-20)14-5-7-15(23)8-6-14/h4-10,12H,1-3H3,(H,26,27). The molecule has 0 atom stereocenters. The Balaban J connectivity index is 1.85. The molecule has 1 aromatic heterocycles. The van der Waals surface area contributed by atoms with E-state index in [0.717, 1.165) is 0 Å². The van der Waals surface area contributed by atoms with Gasteiger partial charge in [0.25, 0.3) is 5.89 Å². The van der Waals surface area contributed by atoms with Crippen LogP contribution in [0.1, 0.15) is 47.4 Å². The summed E-state index contributed by atoms with van der Waals surface area (Å²) in [7, 11) is 0. The van der Waals surface area contributed by atoms with Crippen LogP contribution in [0, 0.1) is 17.1 Å². The molecule has 7 nitrogen and oxygen atoms in total. The summed E-state index contributed by atoms with van der Waals surface area (Å²) in [6.45, 7) is 5.13. The van der Waals surface area contributed by atoms with Crippen LogP contribution in [0.25, 0.3) is 11.3 Å². The second kappa shape index (κ2) is 8.17. The van der Waals surface area contributed by atoms with E-state index in [1.165, 1.54) is 48.7 Å². The van der Waals surface area contributed by atoms with Crippen molar-refractivity contribution in [3.63, 3.8) is 0 Å². The Morgan fingerprint density at radius 1 is 1.17 bits per heavy atom. The molecule has 152 valence electrons. The molecule has 0 bridgehead atoms. The summed E-state index contributed by atoms with van der Waals surface area (Å²) in [6.07, 6.45) is 1.34. The number of nitriles is 1. The highest BCUT2D eigenvalue weighted by Crippen LogP contribution is 2.24. The lowest BCUT2D eigenvalue weighted by molar-refractivity contribution is 0.00707. The highest BCUT2D eigenvalue weighted by Gasteiger charge is 2.23. The number of hydrogen-bond donors (Lipinski definition) is 1. The molecule has 0 spiro atoms. The van der Waals surface area contributed by atoms with E-state index in [1.54, 1.807) is 20.8 Å². The molecular formula is C22H18FN3O4. The zero-order chi connectivity index (χ0) is 21.9. The van der Waals surface area contributed by atoms with Crippen molar-refractivity contribution >= 4 is 17.6 Å². The number of ether oxygens (including phenoxy) is 1. The van der Waals surface area contributed by atoms with Crippen molar-refractivity contribution in [3.05, 3.63) is 71.5 Å². The van der Waals surface area contributed by atoms with Gasteiger partial charge in [0.1, 0.15) is 11.4 Å². The van der Waals surface area contributed by atoms with E-state index in [-0.39, 0.29) is 28.5 Å². The van der Waals surface area contributed by atoms with Gasteiger partial charge in [0.15, 0.2) is 5.76 Å². The molecule has 0 fully saturated rings. The highest BCUT2D eigenvalue weighted by molar-refractivity contribution is 6.06. The molecule has 3 rings (SSSR count). The predicted molar refractivity (Wildman–Crippen MR) is 106 cm³/mol. The molecule has 0 saturated heterocycles. The molecule has 1 heterocycles. The van der Waals surface area contributed by atoms with Crippen molar-refractivity contribution in [2.24, 2.45) is 0 Å². The first-order chi connectivity index (χ1) is 14.2. The van der Waals surface area contributed by atoms with Crippen molar-refractivity contribution in [1.29, 1.82) is 5.26 Å². The highest BCUT2D eigenvalue weighted by atomic mass is 19.1. The van der Waals surface area contributed by atoms with E-state index in [9.17, 15) is 14.0 Å². The molecule has 1 N–H and O–H groups in total. The number of carbonyl (C=O) groups excluding carboxylic acids is 2. The Morgan fingerprint density at radius 2 is 1.87 bits per heavy atom. The maximum Gasteiger partial charge on any atom is 0.340 e. The van der Waals surface area contributed by atoms with Gasteiger partial charge >= 0.3 is 11.9 Å². The van der Waals surface area contributed by atoms with Crippen LogP contribution in [-0.2, 0) is 4.74 Å². The monoisotopic (exact) mass is 407 g/mol. The van der Waals surface area contributed by atoms with E-state index in [1.807, 2.05) is 6.07 Å². The minimum atomic E-state index is -0.756. The first kappa shape index (κ1) is 20.7. The average molecular weight is 407 g/mol. The van der Waals surface area contributed by atoms with Gasteiger partial charge in [0, 0.05) is 5.56 Å². The minimum Gasteiger partial charge on any atom is -0.456 e. The molecule has 0 saturated carbocycles. The van der Waals surface area contributed by atoms with Gasteiger partial charge in [-0.25, -0.2) is 14.2 Å². The lowest BCUT2D eigenvalue weighted by Crippen LogP contribution is -2.25. The molecule has 0 aliphatic heterocycles. The third-order valence-electron chi connectivity index (χ3n) is 3.84. The van der Waals surface area contributed by atoms with Crippen LogP contribution in [0.2, 0.25) is 0 Å². The van der Waals surface area contributed by atoms with Crippen LogP contribution in [0.3, 0.4) is 0 Å². The summed E-state index contributed by atoms with van der Waals surface area (Å²) in [6, 6.07) is 11.7. The number of hydrogen-bond acceptors (Lipinski definition) is 6. The summed E-state index contributed by atoms with van der Waals surface area (Å²) in [5, 5.41) is 11.7. The summed E-state index contributed by atoms with van der Waals surface area (Å²) < 4.78 is 23.9. The van der Waals surface area contributed by atoms with Gasteiger partial charge in [-0.2, -0.15) is 5.26 Å². The number of nitrogens with zero attached hydrogens (tertiary/aromatic N) is 2. The van der Waals surface area contributed by atoms with Crippen molar-refractivity contribution in [2.45, 2.75) is 26.4 Å². The Hall–Kier alpha value is -3.99. The number of benzene rings is 2. The molecule has 30 heavy (non-hydrogen) atoms. The zero-order valence-corrected chi connectivity index (χ0v) is 16.5. The smallest absolute Gasteiger partial charge is 0.340 e. The summed E-state index contributed by atoms with van der Waals surface area (Å²) in [5.41, 5.74) is 0.213. The number of aromatic nitrogens is 1. The number of oxazole rings is 1. The topological polar surface area (TPSA) is 105 Å². The fraction of sp³-hybridized carbons (Fsp3) is 0.182. The number of halogens is 1. The van der Waals surface area contributed by atoms with E-state index in [4.69, 9.17) is 14.4 Å². The molecule has 0 aliphatic carbocycles. The predicted octanol–water partition coefficient (Wildman–Crippen LogP) is 4.56. The average Bonchev–Trinajstić information content (AvgIpc) is 3.18. The normalized spacial score (nSPS) is 10.9. The zero-order valence-electron chi connectivity index (χ0n) is 16.5. The third-order valence-corrected chi connectivity index (χ3v) is 3.84. The first-order valence-corrected chi connectivity index (χ1v) is 8.97. The first-order valence-electron chi connectivity index (χ1n) is 8.97. The third kappa shape index (κ3) is 4.89. The van der Waals surface area contributed by atoms with Crippen LogP contribution in [0.5, 0.6) is 0 Å². The lowest BCUT2D eigenvalue weighted by Gasteiger charge is -2.20. The molecular weight excluding hydrogens is 389 g/mol. The van der Waals surface area contributed by atoms with Crippen molar-refractivity contribution < 1.29 is 23.1 Å². The molecule has 1 amide bonds. The number of amides is 1. The Bertz CT molecular complexity index is 1140. The van der Waals surface area contributed by atoms with E-state index < -0.39 is 23.3 Å². The summed E-state index contributed by atoms with van der Waals surface area (Å²) in [4.78, 5) is 29.1. The minimum absolute atomic E-state index is 0.0302. The molecule has 2 aromatic carbocycles. The van der Waals surface area contributed by atoms with Crippen LogP contribution in [-0.4, -0.2) is 22.5 Å². The van der Waals surface area contributed by atoms with E-state index in [0.29, 0.717) is 5.56 Å². The van der Waals surface area contributed by atoms with Crippen LogP contribution in [0.4, 0.5) is 10.1 Å². The van der Waals surface area contributed by atoms with Crippen LogP contribution < -0.4 is 5.32 Å². The van der Waals surface area contributed by atoms with Crippen molar-refractivity contribution in [1.82, 2.24) is 4.98 Å². The van der Waals surface area contributed by atoms with Gasteiger partial charge in [-0.1, -0.05) is 0 Å². The van der Waals surface area contributed by atoms with Crippen LogP contribution >= 0.6 is 0 Å². The van der Waals surface area contributed by atoms with E-state index in [2.05, 4.69) is 10.3 Å². The maximum absolute atomic E-state index is 13.1. The number of anilines is 1. The molecule has 0 radical (unpaired) electrons. The molecule has 0 aliphatic rings. The Labute approximate surface area is 172 Å². The largest absolute Gasteiger partial charge is 0.456 e. The fourth-order valence-corrected chi connectivity index (χ4v) is 2.53. The molecule has 3 aromatic rings. The van der Waals surface area contributed by atoms with Crippen molar-refractivity contribution in [2.75, 3.05) is 5.32 Å². The molecule has 0 unspecified atom stereocenters. The number of carbonyl (C=O) groups is 2. The van der Waals surface area contributed by atoms with Gasteiger partial charge in [-0.3, -0.25) is 4.79 Å². The van der Waals surface area contributed by atoms with Gasteiger partial charge < -0.3 is 14.5 Å². The fourth-order valence-electron chi connectivity index (χ4n) is 2.53. The number of rotatable bonds is 4. The van der Waals surface area contributed by atoms with Gasteiger partial charge in [0.05, 0.1) is 29.1 Å². The maximum atomic E-state index is 13.1. The lowest BCUT2D eigenvalue weighted by atomic mass is 10.1. The Morgan fingerprint density at radius 3 is 2.50 bits per heavy atom. The number of esters is 1. The Kier molecular flexibility index (Phi) is 5.65. The quantitative estimate of drug-likeness (QED) is 0.636. The number of nitrogens with one attached hydrogen (secondary N) is 1. The van der Waals surface area contributed by atoms with Crippen LogP contribution in [0.15, 0.2) is 53.1 Å².